The molecule has 0 amide bonds. The molecule has 0 spiro atoms. The highest BCUT2D eigenvalue weighted by Crippen LogP contribution is 2.18. The molecular weight excluding hydrogens is 184 g/mol. The van der Waals surface area contributed by atoms with Crippen LogP contribution in [0.5, 0.6) is 0 Å². The van der Waals surface area contributed by atoms with Crippen molar-refractivity contribution in [3.63, 3.8) is 0 Å². The fourth-order valence-corrected chi connectivity index (χ4v) is 1.37. The van der Waals surface area contributed by atoms with Crippen LogP contribution in [0.2, 0.25) is 0 Å². The molecule has 0 radical (unpaired) electrons. The molecule has 0 unspecified atom stereocenters. The number of rotatable bonds is 2. The first-order valence-corrected chi connectivity index (χ1v) is 4.80. The Morgan fingerprint density at radius 2 is 1.87 bits per heavy atom. The Morgan fingerprint density at radius 1 is 1.13 bits per heavy atom. The molecule has 0 aliphatic heterocycles. The third-order valence-corrected chi connectivity index (χ3v) is 2.24. The number of benzene rings is 1. The maximum absolute atomic E-state index is 4.24. The highest BCUT2D eigenvalue weighted by Gasteiger charge is 1.98. The minimum absolute atomic E-state index is 0.894. The lowest BCUT2D eigenvalue weighted by Gasteiger charge is -2.02. The van der Waals surface area contributed by atoms with Crippen molar-refractivity contribution in [2.45, 2.75) is 6.92 Å². The van der Waals surface area contributed by atoms with E-state index in [1.807, 2.05) is 31.2 Å². The predicted molar refractivity (Wildman–Crippen MR) is 62.2 cm³/mol. The molecular formula is C13H12N2. The Hall–Kier alpha value is -1.96. The van der Waals surface area contributed by atoms with Gasteiger partial charge in [-0.1, -0.05) is 36.4 Å². The Morgan fingerprint density at radius 3 is 2.40 bits per heavy atom. The zero-order valence-electron chi connectivity index (χ0n) is 8.64. The molecule has 0 bridgehead atoms. The molecule has 2 nitrogen and oxygen atoms in total. The number of nitrogens with zero attached hydrogens (tertiary/aromatic N) is 2. The van der Waals surface area contributed by atoms with E-state index in [0.29, 0.717) is 0 Å². The van der Waals surface area contributed by atoms with E-state index in [1.54, 1.807) is 18.6 Å². The fraction of sp³-hybridized carbons (Fsp3) is 0.0769. The second kappa shape index (κ2) is 4.05. The molecule has 0 fully saturated rings. The van der Waals surface area contributed by atoms with Crippen molar-refractivity contribution in [2.24, 2.45) is 0 Å². The lowest BCUT2D eigenvalue weighted by Crippen LogP contribution is -1.84. The zero-order chi connectivity index (χ0) is 10.7. The largest absolute Gasteiger partial charge is 0.261 e. The van der Waals surface area contributed by atoms with Crippen molar-refractivity contribution < 1.29 is 0 Å². The summed E-state index contributed by atoms with van der Waals surface area (Å²) in [6.45, 7) is 5.90. The van der Waals surface area contributed by atoms with Gasteiger partial charge in [-0.05, 0) is 12.5 Å². The van der Waals surface area contributed by atoms with Crippen molar-refractivity contribution in [3.8, 4) is 11.3 Å². The molecule has 2 aromatic rings. The molecule has 0 aliphatic carbocycles. The van der Waals surface area contributed by atoms with E-state index in [0.717, 1.165) is 22.4 Å². The van der Waals surface area contributed by atoms with Gasteiger partial charge < -0.3 is 0 Å². The van der Waals surface area contributed by atoms with Gasteiger partial charge in [0.1, 0.15) is 0 Å². The normalized spacial score (nSPS) is 9.93. The standard InChI is InChI=1S/C13H12N2/c1-10(2)11-3-5-12(6-4-11)13-9-14-7-8-15-13/h3-9H,1H2,2H3. The van der Waals surface area contributed by atoms with E-state index in [9.17, 15) is 0 Å². The van der Waals surface area contributed by atoms with Gasteiger partial charge in [0.2, 0.25) is 0 Å². The average molecular weight is 196 g/mol. The lowest BCUT2D eigenvalue weighted by atomic mass is 10.1. The van der Waals surface area contributed by atoms with Gasteiger partial charge in [0.15, 0.2) is 0 Å². The molecule has 1 aromatic carbocycles. The van der Waals surface area contributed by atoms with Crippen molar-refractivity contribution in [1.29, 1.82) is 0 Å². The maximum Gasteiger partial charge on any atom is 0.0885 e. The summed E-state index contributed by atoms with van der Waals surface area (Å²) in [5, 5.41) is 0. The first-order valence-electron chi connectivity index (χ1n) is 4.80. The summed E-state index contributed by atoms with van der Waals surface area (Å²) in [5.41, 5.74) is 4.20. The first-order chi connectivity index (χ1) is 7.27. The number of hydrogen-bond donors (Lipinski definition) is 0. The number of aromatic nitrogens is 2. The molecule has 0 aliphatic rings. The van der Waals surface area contributed by atoms with Gasteiger partial charge >= 0.3 is 0 Å². The molecule has 0 saturated heterocycles. The van der Waals surface area contributed by atoms with E-state index in [4.69, 9.17) is 0 Å². The van der Waals surface area contributed by atoms with Gasteiger partial charge in [-0.15, -0.1) is 0 Å². The lowest BCUT2D eigenvalue weighted by molar-refractivity contribution is 1.21. The molecule has 1 heterocycles. The Labute approximate surface area is 89.3 Å². The van der Waals surface area contributed by atoms with Gasteiger partial charge in [-0.3, -0.25) is 9.97 Å². The van der Waals surface area contributed by atoms with Crippen molar-refractivity contribution in [3.05, 3.63) is 55.0 Å². The SMILES string of the molecule is C=C(C)c1ccc(-c2cnccn2)cc1. The van der Waals surface area contributed by atoms with Crippen LogP contribution < -0.4 is 0 Å². The van der Waals surface area contributed by atoms with Gasteiger partial charge in [-0.25, -0.2) is 0 Å². The second-order valence-electron chi connectivity index (χ2n) is 3.45. The summed E-state index contributed by atoms with van der Waals surface area (Å²) in [4.78, 5) is 8.28. The molecule has 15 heavy (non-hydrogen) atoms. The quantitative estimate of drug-likeness (QED) is 0.737. The fourth-order valence-electron chi connectivity index (χ4n) is 1.37. The zero-order valence-corrected chi connectivity index (χ0v) is 8.64. The molecule has 1 aromatic heterocycles. The smallest absolute Gasteiger partial charge is 0.0885 e. The summed E-state index contributed by atoms with van der Waals surface area (Å²) in [7, 11) is 0. The molecule has 2 heteroatoms. The number of allylic oxidation sites excluding steroid dienone is 1. The molecule has 0 saturated carbocycles. The van der Waals surface area contributed by atoms with Gasteiger partial charge in [-0.2, -0.15) is 0 Å². The van der Waals surface area contributed by atoms with E-state index in [2.05, 4.69) is 16.5 Å². The summed E-state index contributed by atoms with van der Waals surface area (Å²) in [6.07, 6.45) is 5.13. The van der Waals surface area contributed by atoms with Crippen LogP contribution in [0.15, 0.2) is 49.4 Å². The third-order valence-electron chi connectivity index (χ3n) is 2.24. The van der Waals surface area contributed by atoms with Crippen molar-refractivity contribution in [1.82, 2.24) is 9.97 Å². The summed E-state index contributed by atoms with van der Waals surface area (Å²) < 4.78 is 0. The summed E-state index contributed by atoms with van der Waals surface area (Å²) in [6, 6.07) is 8.17. The van der Waals surface area contributed by atoms with Crippen LogP contribution in [0.3, 0.4) is 0 Å². The molecule has 74 valence electrons. The molecule has 0 atom stereocenters. The van der Waals surface area contributed by atoms with E-state index >= 15 is 0 Å². The van der Waals surface area contributed by atoms with Crippen LogP contribution in [-0.4, -0.2) is 9.97 Å². The minimum Gasteiger partial charge on any atom is -0.261 e. The molecule has 0 N–H and O–H groups in total. The summed E-state index contributed by atoms with van der Waals surface area (Å²) >= 11 is 0. The second-order valence-corrected chi connectivity index (χ2v) is 3.45. The molecule has 2 rings (SSSR count). The highest BCUT2D eigenvalue weighted by molar-refractivity contribution is 5.66. The Kier molecular flexibility index (Phi) is 2.59. The Bertz CT molecular complexity index is 458. The van der Waals surface area contributed by atoms with Crippen LogP contribution in [0, 0.1) is 0 Å². The number of hydrogen-bond acceptors (Lipinski definition) is 2. The monoisotopic (exact) mass is 196 g/mol. The van der Waals surface area contributed by atoms with Gasteiger partial charge in [0, 0.05) is 18.0 Å². The van der Waals surface area contributed by atoms with E-state index in [-0.39, 0.29) is 0 Å². The van der Waals surface area contributed by atoms with Gasteiger partial charge in [0.25, 0.3) is 0 Å². The van der Waals surface area contributed by atoms with Crippen LogP contribution in [-0.2, 0) is 0 Å². The van der Waals surface area contributed by atoms with Crippen LogP contribution in [0.1, 0.15) is 12.5 Å². The highest BCUT2D eigenvalue weighted by atomic mass is 14.8. The van der Waals surface area contributed by atoms with Crippen molar-refractivity contribution in [2.75, 3.05) is 0 Å². The van der Waals surface area contributed by atoms with E-state index < -0.39 is 0 Å². The van der Waals surface area contributed by atoms with Crippen molar-refractivity contribution >= 4 is 5.57 Å². The summed E-state index contributed by atoms with van der Waals surface area (Å²) in [5.74, 6) is 0. The third kappa shape index (κ3) is 2.10. The van der Waals surface area contributed by atoms with Crippen LogP contribution >= 0.6 is 0 Å². The van der Waals surface area contributed by atoms with E-state index in [1.165, 1.54) is 0 Å². The minimum atomic E-state index is 0.894. The predicted octanol–water partition coefficient (Wildman–Crippen LogP) is 3.18. The van der Waals surface area contributed by atoms with Crippen LogP contribution in [0.4, 0.5) is 0 Å². The first kappa shape index (κ1) is 9.59. The van der Waals surface area contributed by atoms with Crippen LogP contribution in [0.25, 0.3) is 16.8 Å². The van der Waals surface area contributed by atoms with Gasteiger partial charge in [0.05, 0.1) is 11.9 Å². The Balaban J connectivity index is 2.36. The average Bonchev–Trinajstić information content (AvgIpc) is 2.30. The maximum atomic E-state index is 4.24. The topological polar surface area (TPSA) is 25.8 Å².